The second kappa shape index (κ2) is 7.52. The van der Waals surface area contributed by atoms with E-state index in [9.17, 15) is 9.18 Å². The van der Waals surface area contributed by atoms with Gasteiger partial charge in [-0.15, -0.1) is 21.5 Å². The fourth-order valence-electron chi connectivity index (χ4n) is 3.19. The molecule has 0 spiro atoms. The zero-order chi connectivity index (χ0) is 21.4. The Labute approximate surface area is 179 Å². The van der Waals surface area contributed by atoms with Gasteiger partial charge in [-0.05, 0) is 37.1 Å². The summed E-state index contributed by atoms with van der Waals surface area (Å²) in [5, 5.41) is 20.4. The van der Waals surface area contributed by atoms with Gasteiger partial charge in [0.1, 0.15) is 28.5 Å². The molecule has 0 radical (unpaired) electrons. The van der Waals surface area contributed by atoms with Gasteiger partial charge in [-0.1, -0.05) is 6.07 Å². The van der Waals surface area contributed by atoms with Gasteiger partial charge in [-0.25, -0.2) is 9.37 Å². The fourth-order valence-corrected chi connectivity index (χ4v) is 4.19. The van der Waals surface area contributed by atoms with Crippen molar-refractivity contribution in [2.75, 3.05) is 0 Å². The second-order valence-electron chi connectivity index (χ2n) is 7.31. The number of pyridine rings is 1. The van der Waals surface area contributed by atoms with Crippen molar-refractivity contribution in [3.05, 3.63) is 59.1 Å². The number of hydrogen-bond acceptors (Lipinski definition) is 8. The van der Waals surface area contributed by atoms with Crippen LogP contribution < -0.4 is 5.32 Å². The minimum Gasteiger partial charge on any atom is -0.424 e. The molecule has 10 heteroatoms. The highest BCUT2D eigenvalue weighted by atomic mass is 32.1. The summed E-state index contributed by atoms with van der Waals surface area (Å²) in [6, 6.07) is 10.5. The number of nitrogens with zero attached hydrogens (tertiary/aromatic N) is 5. The third kappa shape index (κ3) is 4.00. The number of nitrogens with one attached hydrogen (secondary N) is 1. The number of fused-ring (bicyclic) bond motifs is 1. The van der Waals surface area contributed by atoms with Gasteiger partial charge >= 0.3 is 0 Å². The van der Waals surface area contributed by atoms with E-state index in [0.717, 1.165) is 15.2 Å². The number of benzene rings is 1. The van der Waals surface area contributed by atoms with Crippen molar-refractivity contribution < 1.29 is 13.6 Å². The number of carbonyl (C=O) groups is 1. The van der Waals surface area contributed by atoms with E-state index in [4.69, 9.17) is 9.68 Å². The topological polar surface area (TPSA) is 118 Å². The first-order chi connectivity index (χ1) is 15.0. The summed E-state index contributed by atoms with van der Waals surface area (Å²) in [5.74, 6) is -0.158. The molecule has 8 nitrogen and oxygen atoms in total. The molecule has 154 valence electrons. The smallest absolute Gasteiger partial charge is 0.230 e. The highest BCUT2D eigenvalue weighted by Gasteiger charge is 2.44. The quantitative estimate of drug-likeness (QED) is 0.495. The van der Waals surface area contributed by atoms with Gasteiger partial charge in [0.05, 0.1) is 22.7 Å². The van der Waals surface area contributed by atoms with Crippen LogP contribution in [0.4, 0.5) is 4.39 Å². The van der Waals surface area contributed by atoms with Crippen molar-refractivity contribution in [3.8, 4) is 17.3 Å². The van der Waals surface area contributed by atoms with Crippen LogP contribution in [0, 0.1) is 17.1 Å². The minimum atomic E-state index is -0.724. The van der Waals surface area contributed by atoms with Crippen molar-refractivity contribution in [2.45, 2.75) is 31.2 Å². The van der Waals surface area contributed by atoms with Crippen molar-refractivity contribution in [1.29, 1.82) is 5.26 Å². The molecule has 1 saturated carbocycles. The van der Waals surface area contributed by atoms with Gasteiger partial charge < -0.3 is 9.73 Å². The van der Waals surface area contributed by atoms with Crippen LogP contribution in [0.2, 0.25) is 0 Å². The first-order valence-corrected chi connectivity index (χ1v) is 10.4. The van der Waals surface area contributed by atoms with Crippen molar-refractivity contribution in [3.63, 3.8) is 0 Å². The summed E-state index contributed by atoms with van der Waals surface area (Å²) in [6.45, 7) is 0. The molecule has 0 bridgehead atoms. The summed E-state index contributed by atoms with van der Waals surface area (Å²) in [7, 11) is 0. The Hall–Kier alpha value is -3.71. The van der Waals surface area contributed by atoms with Crippen LogP contribution in [0.15, 0.2) is 40.9 Å². The second-order valence-corrected chi connectivity index (χ2v) is 8.42. The van der Waals surface area contributed by atoms with Gasteiger partial charge in [-0.2, -0.15) is 5.26 Å². The van der Waals surface area contributed by atoms with Crippen LogP contribution in [0.5, 0.6) is 0 Å². The maximum absolute atomic E-state index is 14.0. The van der Waals surface area contributed by atoms with Crippen molar-refractivity contribution in [1.82, 2.24) is 25.5 Å². The average Bonchev–Trinajstić information content (AvgIpc) is 3.20. The maximum Gasteiger partial charge on any atom is 0.230 e. The molecule has 1 aliphatic rings. The van der Waals surface area contributed by atoms with E-state index in [1.807, 2.05) is 12.1 Å². The number of halogens is 1. The maximum atomic E-state index is 14.0. The first kappa shape index (κ1) is 19.3. The monoisotopic (exact) mass is 434 g/mol. The Morgan fingerprint density at radius 2 is 2.13 bits per heavy atom. The molecule has 1 N–H and O–H groups in total. The van der Waals surface area contributed by atoms with Crippen molar-refractivity contribution in [2.24, 2.45) is 0 Å². The molecule has 31 heavy (non-hydrogen) atoms. The predicted octanol–water partition coefficient (Wildman–Crippen LogP) is 3.19. The van der Waals surface area contributed by atoms with Crippen LogP contribution in [-0.2, 0) is 17.6 Å². The van der Waals surface area contributed by atoms with Crippen LogP contribution in [-0.4, -0.2) is 31.6 Å². The summed E-state index contributed by atoms with van der Waals surface area (Å²) < 4.78 is 20.5. The van der Waals surface area contributed by atoms with Crippen LogP contribution in [0.3, 0.4) is 0 Å². The molecule has 0 unspecified atom stereocenters. The molecule has 3 aromatic heterocycles. The molecule has 1 fully saturated rings. The largest absolute Gasteiger partial charge is 0.424 e. The molecule has 4 aromatic rings. The Morgan fingerprint density at radius 1 is 1.29 bits per heavy atom. The number of aromatic nitrogens is 4. The Bertz CT molecular complexity index is 1340. The number of carbonyl (C=O) groups excluding carboxylic acids is 1. The molecular formula is C21H15FN6O2S. The lowest BCUT2D eigenvalue weighted by molar-refractivity contribution is -0.121. The minimum absolute atomic E-state index is 0.0741. The van der Waals surface area contributed by atoms with Crippen LogP contribution in [0.25, 0.3) is 21.5 Å². The first-order valence-electron chi connectivity index (χ1n) is 9.57. The van der Waals surface area contributed by atoms with E-state index in [0.29, 0.717) is 36.4 Å². The standard InChI is InChI=1S/C21H15FN6O2S/c22-13-2-1-7-24-20(13)12-3-4-14-15(8-12)31-19(25-14)10-18-28-27-17(30-18)9-16(29)26-21(11-23)5-6-21/h1-4,7-8H,5-6,9-10H2,(H,26,29). The summed E-state index contributed by atoms with van der Waals surface area (Å²) in [4.78, 5) is 20.7. The summed E-state index contributed by atoms with van der Waals surface area (Å²) in [6.07, 6.45) is 3.13. The SMILES string of the molecule is N#CC1(NC(=O)Cc2nnc(Cc3nc4ccc(-c5ncccc5F)cc4s3)o2)CC1. The van der Waals surface area contributed by atoms with Gasteiger partial charge in [-0.3, -0.25) is 9.78 Å². The van der Waals surface area contributed by atoms with E-state index in [2.05, 4.69) is 31.6 Å². The number of nitriles is 1. The Kier molecular flexibility index (Phi) is 4.67. The number of rotatable bonds is 6. The zero-order valence-electron chi connectivity index (χ0n) is 16.1. The molecule has 3 heterocycles. The van der Waals surface area contributed by atoms with E-state index in [1.165, 1.54) is 17.4 Å². The van der Waals surface area contributed by atoms with Gasteiger partial charge in [0.25, 0.3) is 0 Å². The highest BCUT2D eigenvalue weighted by Crippen LogP contribution is 2.34. The predicted molar refractivity (Wildman–Crippen MR) is 109 cm³/mol. The molecule has 1 aromatic carbocycles. The Morgan fingerprint density at radius 3 is 2.90 bits per heavy atom. The van der Waals surface area contributed by atoms with Gasteiger partial charge in [0.15, 0.2) is 0 Å². The fraction of sp³-hybridized carbons (Fsp3) is 0.238. The Balaban J connectivity index is 1.29. The van der Waals surface area contributed by atoms with E-state index < -0.39 is 5.54 Å². The number of thiazole rings is 1. The van der Waals surface area contributed by atoms with Crippen LogP contribution in [0.1, 0.15) is 29.6 Å². The summed E-state index contributed by atoms with van der Waals surface area (Å²) in [5.41, 5.74) is 1.03. The molecule has 0 atom stereocenters. The van der Waals surface area contributed by atoms with Gasteiger partial charge in [0.2, 0.25) is 17.7 Å². The summed E-state index contributed by atoms with van der Waals surface area (Å²) >= 11 is 1.44. The van der Waals surface area contributed by atoms with Crippen LogP contribution >= 0.6 is 11.3 Å². The van der Waals surface area contributed by atoms with E-state index >= 15 is 0 Å². The van der Waals surface area contributed by atoms with Gasteiger partial charge in [0, 0.05) is 11.8 Å². The lowest BCUT2D eigenvalue weighted by Crippen LogP contribution is -2.36. The molecule has 0 saturated heterocycles. The average molecular weight is 434 g/mol. The van der Waals surface area contributed by atoms with E-state index in [1.54, 1.807) is 18.3 Å². The molecular weight excluding hydrogens is 419 g/mol. The van der Waals surface area contributed by atoms with E-state index in [-0.39, 0.29) is 24.0 Å². The number of amides is 1. The third-order valence-corrected chi connectivity index (χ3v) is 5.95. The molecule has 1 aliphatic carbocycles. The molecule has 5 rings (SSSR count). The lowest BCUT2D eigenvalue weighted by atomic mass is 10.1. The normalized spacial score (nSPS) is 14.3. The lowest BCUT2D eigenvalue weighted by Gasteiger charge is -2.06. The van der Waals surface area contributed by atoms with Crippen molar-refractivity contribution >= 4 is 27.5 Å². The molecule has 1 amide bonds. The molecule has 0 aliphatic heterocycles. The third-order valence-electron chi connectivity index (χ3n) is 4.93. The highest BCUT2D eigenvalue weighted by molar-refractivity contribution is 7.18. The zero-order valence-corrected chi connectivity index (χ0v) is 16.9. The number of hydrogen-bond donors (Lipinski definition) is 1.